The zero-order valence-electron chi connectivity index (χ0n) is 11.0. The Hall–Kier alpha value is -2.57. The maximum absolute atomic E-state index is 12.7. The normalized spacial score (nSPS) is 11.3. The molecule has 0 unspecified atom stereocenters. The molecule has 0 heterocycles. The van der Waals surface area contributed by atoms with Crippen molar-refractivity contribution >= 4 is 5.97 Å². The van der Waals surface area contributed by atoms with Crippen LogP contribution in [0.1, 0.15) is 21.5 Å². The summed E-state index contributed by atoms with van der Waals surface area (Å²) in [7, 11) is 0. The van der Waals surface area contributed by atoms with E-state index in [1.54, 1.807) is 0 Å². The van der Waals surface area contributed by atoms with E-state index in [1.165, 1.54) is 12.1 Å². The topological polar surface area (TPSA) is 46.5 Å². The van der Waals surface area contributed by atoms with Crippen molar-refractivity contribution in [3.8, 4) is 5.75 Å². The average molecular weight is 314 g/mol. The van der Waals surface area contributed by atoms with Crippen molar-refractivity contribution in [2.45, 2.75) is 12.8 Å². The van der Waals surface area contributed by atoms with Crippen LogP contribution in [0.25, 0.3) is 0 Å². The van der Waals surface area contributed by atoms with Crippen molar-refractivity contribution in [3.63, 3.8) is 0 Å². The Bertz CT molecular complexity index is 678. The predicted octanol–water partition coefficient (Wildman–Crippen LogP) is 4.12. The third kappa shape index (κ3) is 3.75. The lowest BCUT2D eigenvalue weighted by atomic mass is 10.0. The Kier molecular flexibility index (Phi) is 4.35. The Morgan fingerprint density at radius 2 is 1.73 bits per heavy atom. The van der Waals surface area contributed by atoms with E-state index in [2.05, 4.69) is 0 Å². The maximum atomic E-state index is 12.7. The van der Waals surface area contributed by atoms with Gasteiger partial charge in [-0.2, -0.15) is 13.2 Å². The van der Waals surface area contributed by atoms with Crippen LogP contribution in [0.3, 0.4) is 0 Å². The molecule has 0 aliphatic heterocycles. The number of carboxylic acids is 1. The summed E-state index contributed by atoms with van der Waals surface area (Å²) < 4.78 is 55.8. The Balaban J connectivity index is 2.23. The third-order valence-corrected chi connectivity index (χ3v) is 2.88. The van der Waals surface area contributed by atoms with Gasteiger partial charge in [-0.05, 0) is 36.4 Å². The number of rotatable bonds is 4. The van der Waals surface area contributed by atoms with Crippen molar-refractivity contribution in [2.24, 2.45) is 0 Å². The van der Waals surface area contributed by atoms with Crippen LogP contribution in [0.15, 0.2) is 42.5 Å². The number of carboxylic acid groups (broad SMARTS) is 1. The summed E-state index contributed by atoms with van der Waals surface area (Å²) in [5.41, 5.74) is -1.45. The molecule has 7 heteroatoms. The molecule has 2 aromatic rings. The van der Waals surface area contributed by atoms with Crippen LogP contribution in [-0.4, -0.2) is 11.1 Å². The first-order valence-electron chi connectivity index (χ1n) is 6.09. The molecule has 0 bridgehead atoms. The van der Waals surface area contributed by atoms with E-state index in [4.69, 9.17) is 9.84 Å². The van der Waals surface area contributed by atoms with Gasteiger partial charge >= 0.3 is 12.1 Å². The smallest absolute Gasteiger partial charge is 0.416 e. The number of hydrogen-bond acceptors (Lipinski definition) is 2. The van der Waals surface area contributed by atoms with Gasteiger partial charge in [0.25, 0.3) is 0 Å². The van der Waals surface area contributed by atoms with Gasteiger partial charge in [0.05, 0.1) is 11.1 Å². The summed E-state index contributed by atoms with van der Waals surface area (Å²) in [5, 5.41) is 9.02. The van der Waals surface area contributed by atoms with Crippen molar-refractivity contribution in [3.05, 3.63) is 65.0 Å². The molecule has 2 aromatic carbocycles. The molecule has 0 radical (unpaired) electrons. The zero-order valence-corrected chi connectivity index (χ0v) is 11.0. The molecule has 0 saturated carbocycles. The highest BCUT2D eigenvalue weighted by molar-refractivity contribution is 5.89. The summed E-state index contributed by atoms with van der Waals surface area (Å²) in [6.45, 7) is -0.245. The second kappa shape index (κ2) is 6.05. The minimum atomic E-state index is -4.62. The van der Waals surface area contributed by atoms with E-state index in [0.717, 1.165) is 24.3 Å². The maximum Gasteiger partial charge on any atom is 0.416 e. The Labute approximate surface area is 122 Å². The van der Waals surface area contributed by atoms with Gasteiger partial charge in [-0.1, -0.05) is 6.07 Å². The lowest BCUT2D eigenvalue weighted by molar-refractivity contribution is -0.137. The van der Waals surface area contributed by atoms with Gasteiger partial charge in [0.2, 0.25) is 0 Å². The first kappa shape index (κ1) is 15.8. The lowest BCUT2D eigenvalue weighted by Crippen LogP contribution is -2.11. The summed E-state index contributed by atoms with van der Waals surface area (Å²) in [6, 6.07) is 7.37. The quantitative estimate of drug-likeness (QED) is 0.864. The van der Waals surface area contributed by atoms with Crippen LogP contribution in [-0.2, 0) is 12.8 Å². The molecule has 0 aliphatic rings. The minimum Gasteiger partial charge on any atom is -0.489 e. The molecule has 0 amide bonds. The van der Waals surface area contributed by atoms with E-state index in [-0.39, 0.29) is 17.9 Å². The number of aromatic carboxylic acids is 1. The van der Waals surface area contributed by atoms with Crippen molar-refractivity contribution in [1.29, 1.82) is 0 Å². The predicted molar refractivity (Wildman–Crippen MR) is 69.1 cm³/mol. The zero-order chi connectivity index (χ0) is 16.3. The van der Waals surface area contributed by atoms with Crippen LogP contribution in [0.2, 0.25) is 0 Å². The number of carbonyl (C=O) groups is 1. The number of halogens is 4. The number of ether oxygens (including phenoxy) is 1. The number of benzene rings is 2. The molecule has 2 rings (SSSR count). The second-order valence-electron chi connectivity index (χ2n) is 4.42. The molecule has 116 valence electrons. The molecular formula is C15H10F4O3. The molecule has 3 nitrogen and oxygen atoms in total. The first-order chi connectivity index (χ1) is 10.3. The second-order valence-corrected chi connectivity index (χ2v) is 4.42. The molecule has 1 N–H and O–H groups in total. The van der Waals surface area contributed by atoms with E-state index >= 15 is 0 Å². The fraction of sp³-hybridized carbons (Fsp3) is 0.133. The van der Waals surface area contributed by atoms with Gasteiger partial charge in [-0.25, -0.2) is 9.18 Å². The molecule has 0 saturated heterocycles. The molecule has 22 heavy (non-hydrogen) atoms. The fourth-order valence-corrected chi connectivity index (χ4v) is 1.77. The van der Waals surface area contributed by atoms with Gasteiger partial charge in [-0.15, -0.1) is 0 Å². The summed E-state index contributed by atoms with van der Waals surface area (Å²) in [4.78, 5) is 11.1. The summed E-state index contributed by atoms with van der Waals surface area (Å²) in [6.07, 6.45) is -4.62. The van der Waals surface area contributed by atoms with Gasteiger partial charge in [0.1, 0.15) is 18.2 Å². The van der Waals surface area contributed by atoms with E-state index in [9.17, 15) is 22.4 Å². The van der Waals surface area contributed by atoms with Crippen molar-refractivity contribution in [1.82, 2.24) is 0 Å². The van der Waals surface area contributed by atoms with Gasteiger partial charge in [0, 0.05) is 5.56 Å². The molecule has 0 fully saturated rings. The monoisotopic (exact) mass is 314 g/mol. The molecule has 0 aliphatic carbocycles. The van der Waals surface area contributed by atoms with E-state index < -0.39 is 29.1 Å². The van der Waals surface area contributed by atoms with Crippen LogP contribution in [0.4, 0.5) is 17.6 Å². The highest BCUT2D eigenvalue weighted by Gasteiger charge is 2.31. The Morgan fingerprint density at radius 1 is 1.09 bits per heavy atom. The summed E-state index contributed by atoms with van der Waals surface area (Å²) in [5.74, 6) is -1.67. The van der Waals surface area contributed by atoms with Crippen LogP contribution < -0.4 is 4.74 Å². The highest BCUT2D eigenvalue weighted by atomic mass is 19.4. The van der Waals surface area contributed by atoms with Crippen molar-refractivity contribution < 1.29 is 32.2 Å². The number of alkyl halides is 3. The largest absolute Gasteiger partial charge is 0.489 e. The van der Waals surface area contributed by atoms with Crippen molar-refractivity contribution in [2.75, 3.05) is 0 Å². The SMILES string of the molecule is O=C(O)c1cc(C(F)(F)F)ccc1COc1ccc(F)cc1. The minimum absolute atomic E-state index is 0.0878. The van der Waals surface area contributed by atoms with Crippen LogP contribution in [0, 0.1) is 5.82 Å². The highest BCUT2D eigenvalue weighted by Crippen LogP contribution is 2.31. The van der Waals surface area contributed by atoms with Gasteiger partial charge in [-0.3, -0.25) is 0 Å². The average Bonchev–Trinajstić information content (AvgIpc) is 2.45. The third-order valence-electron chi connectivity index (χ3n) is 2.88. The Morgan fingerprint density at radius 3 is 2.27 bits per heavy atom. The van der Waals surface area contributed by atoms with Crippen LogP contribution >= 0.6 is 0 Å². The van der Waals surface area contributed by atoms with E-state index in [1.807, 2.05) is 0 Å². The number of hydrogen-bond donors (Lipinski definition) is 1. The van der Waals surface area contributed by atoms with Crippen LogP contribution in [0.5, 0.6) is 5.75 Å². The summed E-state index contributed by atoms with van der Waals surface area (Å²) >= 11 is 0. The standard InChI is InChI=1S/C15H10F4O3/c16-11-3-5-12(6-4-11)22-8-9-1-2-10(15(17,18)19)7-13(9)14(20)21/h1-7H,8H2,(H,20,21). The first-order valence-corrected chi connectivity index (χ1v) is 6.09. The molecular weight excluding hydrogens is 304 g/mol. The fourth-order valence-electron chi connectivity index (χ4n) is 1.77. The molecule has 0 atom stereocenters. The lowest BCUT2D eigenvalue weighted by Gasteiger charge is -2.12. The molecule has 0 aromatic heterocycles. The van der Waals surface area contributed by atoms with Gasteiger partial charge in [0.15, 0.2) is 0 Å². The molecule has 0 spiro atoms. The van der Waals surface area contributed by atoms with E-state index in [0.29, 0.717) is 6.07 Å². The van der Waals surface area contributed by atoms with Gasteiger partial charge < -0.3 is 9.84 Å².